The third-order valence-electron chi connectivity index (χ3n) is 2.07. The van der Waals surface area contributed by atoms with Crippen LogP contribution in [0.1, 0.15) is 10.7 Å². The quantitative estimate of drug-likeness (QED) is 0.774. The van der Waals surface area contributed by atoms with E-state index < -0.39 is 11.8 Å². The Morgan fingerprint density at radius 2 is 2.29 bits per heavy atom. The van der Waals surface area contributed by atoms with Crippen molar-refractivity contribution in [3.8, 4) is 11.3 Å². The Bertz CT molecular complexity index is 568. The highest BCUT2D eigenvalue weighted by Crippen LogP contribution is 2.25. The number of carbonyl (C=O) groups is 1. The number of methoxy groups -OCH3 is 1. The summed E-state index contributed by atoms with van der Waals surface area (Å²) >= 11 is 5.63. The maximum Gasteiger partial charge on any atom is 0.394 e. The van der Waals surface area contributed by atoms with Gasteiger partial charge in [0, 0.05) is 5.56 Å². The Kier molecular flexibility index (Phi) is 3.10. The number of carbonyl (C=O) groups excluding carboxylic acids is 1. The van der Waals surface area contributed by atoms with Crippen LogP contribution >= 0.6 is 11.6 Å². The average Bonchev–Trinajstić information content (AvgIpc) is 2.81. The van der Waals surface area contributed by atoms with Crippen LogP contribution in [0.25, 0.3) is 11.3 Å². The van der Waals surface area contributed by atoms with Crippen molar-refractivity contribution in [2.75, 3.05) is 7.11 Å². The molecule has 6 heteroatoms. The van der Waals surface area contributed by atoms with Gasteiger partial charge < -0.3 is 9.15 Å². The lowest BCUT2D eigenvalue weighted by Gasteiger charge is -1.98. The van der Waals surface area contributed by atoms with Gasteiger partial charge in [0.05, 0.1) is 18.3 Å². The summed E-state index contributed by atoms with van der Waals surface area (Å²) in [5.41, 5.74) is 0.527. The van der Waals surface area contributed by atoms with E-state index in [1.165, 1.54) is 31.5 Å². The molecule has 0 N–H and O–H groups in total. The highest BCUT2D eigenvalue weighted by Gasteiger charge is 2.14. The Morgan fingerprint density at radius 1 is 1.53 bits per heavy atom. The number of rotatable bonds is 2. The fourth-order valence-electron chi connectivity index (χ4n) is 1.24. The van der Waals surface area contributed by atoms with E-state index in [0.717, 1.165) is 0 Å². The fraction of sp³-hybridized carbons (Fsp3) is 0.0909. The molecular weight excluding hydrogens is 249 g/mol. The lowest BCUT2D eigenvalue weighted by Crippen LogP contribution is -2.00. The van der Waals surface area contributed by atoms with Crippen LogP contribution < -0.4 is 0 Å². The average molecular weight is 256 g/mol. The van der Waals surface area contributed by atoms with Crippen LogP contribution in [0, 0.1) is 5.82 Å². The molecule has 2 rings (SSSR count). The van der Waals surface area contributed by atoms with E-state index in [2.05, 4.69) is 9.72 Å². The van der Waals surface area contributed by atoms with E-state index in [1.54, 1.807) is 0 Å². The molecule has 88 valence electrons. The Morgan fingerprint density at radius 3 is 2.94 bits per heavy atom. The van der Waals surface area contributed by atoms with Gasteiger partial charge in [-0.05, 0) is 18.2 Å². The SMILES string of the molecule is COC(=O)c1ncc(-c2ccc(F)c(Cl)c2)o1. The summed E-state index contributed by atoms with van der Waals surface area (Å²) in [5, 5.41) is -0.0291. The standard InChI is InChI=1S/C11H7ClFNO3/c1-16-11(15)10-14-5-9(17-10)6-2-3-8(13)7(12)4-6/h2-5H,1H3. The van der Waals surface area contributed by atoms with Crippen molar-refractivity contribution in [3.05, 3.63) is 41.1 Å². The second kappa shape index (κ2) is 4.55. The maximum atomic E-state index is 13.0. The molecular formula is C11H7ClFNO3. The maximum absolute atomic E-state index is 13.0. The molecule has 0 atom stereocenters. The summed E-state index contributed by atoms with van der Waals surface area (Å²) in [6.45, 7) is 0. The topological polar surface area (TPSA) is 52.3 Å². The van der Waals surface area contributed by atoms with E-state index in [4.69, 9.17) is 16.0 Å². The number of benzene rings is 1. The molecule has 0 unspecified atom stereocenters. The van der Waals surface area contributed by atoms with Crippen LogP contribution in [-0.4, -0.2) is 18.1 Å². The normalized spacial score (nSPS) is 10.3. The summed E-state index contributed by atoms with van der Waals surface area (Å²) in [5.74, 6) is -1.05. The molecule has 0 aliphatic carbocycles. The Hall–Kier alpha value is -1.88. The number of ether oxygens (including phenoxy) is 1. The van der Waals surface area contributed by atoms with E-state index in [-0.39, 0.29) is 10.9 Å². The van der Waals surface area contributed by atoms with Gasteiger partial charge in [0.15, 0.2) is 5.76 Å². The van der Waals surface area contributed by atoms with E-state index in [0.29, 0.717) is 11.3 Å². The Labute approximate surface area is 101 Å². The summed E-state index contributed by atoms with van der Waals surface area (Å²) in [6.07, 6.45) is 1.34. The van der Waals surface area contributed by atoms with Crippen LogP contribution in [0.4, 0.5) is 4.39 Å². The lowest BCUT2D eigenvalue weighted by atomic mass is 10.2. The number of halogens is 2. The number of nitrogens with zero attached hydrogens (tertiary/aromatic N) is 1. The first-order chi connectivity index (χ1) is 8.11. The molecule has 2 aromatic rings. The predicted molar refractivity (Wildman–Crippen MR) is 58.2 cm³/mol. The fourth-order valence-corrected chi connectivity index (χ4v) is 1.42. The third kappa shape index (κ3) is 2.29. The highest BCUT2D eigenvalue weighted by molar-refractivity contribution is 6.31. The molecule has 4 nitrogen and oxygen atoms in total. The van der Waals surface area contributed by atoms with Gasteiger partial charge in [-0.25, -0.2) is 14.2 Å². The molecule has 0 aliphatic rings. The van der Waals surface area contributed by atoms with Crippen LogP contribution in [0.3, 0.4) is 0 Å². The largest absolute Gasteiger partial charge is 0.462 e. The van der Waals surface area contributed by atoms with Crippen molar-refractivity contribution in [1.29, 1.82) is 0 Å². The monoisotopic (exact) mass is 255 g/mol. The molecule has 0 saturated heterocycles. The first-order valence-corrected chi connectivity index (χ1v) is 4.99. The van der Waals surface area contributed by atoms with Crippen LogP contribution in [-0.2, 0) is 4.74 Å². The number of esters is 1. The first kappa shape index (κ1) is 11.6. The van der Waals surface area contributed by atoms with Crippen LogP contribution in [0.2, 0.25) is 5.02 Å². The molecule has 0 amide bonds. The summed E-state index contributed by atoms with van der Waals surface area (Å²) < 4.78 is 22.5. The van der Waals surface area contributed by atoms with Crippen molar-refractivity contribution in [2.24, 2.45) is 0 Å². The molecule has 0 radical (unpaired) electrons. The highest BCUT2D eigenvalue weighted by atomic mass is 35.5. The molecule has 0 aliphatic heterocycles. The van der Waals surface area contributed by atoms with E-state index in [1.807, 2.05) is 0 Å². The molecule has 1 aromatic heterocycles. The number of hydrogen-bond donors (Lipinski definition) is 0. The van der Waals surface area contributed by atoms with Crippen molar-refractivity contribution in [2.45, 2.75) is 0 Å². The molecule has 17 heavy (non-hydrogen) atoms. The number of oxazole rings is 1. The van der Waals surface area contributed by atoms with Crippen LogP contribution in [0.5, 0.6) is 0 Å². The van der Waals surface area contributed by atoms with Gasteiger partial charge in [-0.3, -0.25) is 0 Å². The van der Waals surface area contributed by atoms with Gasteiger partial charge in [-0.2, -0.15) is 0 Å². The zero-order chi connectivity index (χ0) is 12.4. The van der Waals surface area contributed by atoms with Gasteiger partial charge in [0.1, 0.15) is 5.82 Å². The van der Waals surface area contributed by atoms with Gasteiger partial charge >= 0.3 is 11.9 Å². The van der Waals surface area contributed by atoms with Crippen LogP contribution in [0.15, 0.2) is 28.8 Å². The summed E-state index contributed by atoms with van der Waals surface area (Å²) in [7, 11) is 1.22. The van der Waals surface area contributed by atoms with E-state index >= 15 is 0 Å². The molecule has 0 saturated carbocycles. The second-order valence-corrected chi connectivity index (χ2v) is 3.56. The van der Waals surface area contributed by atoms with Gasteiger partial charge in [-0.1, -0.05) is 11.6 Å². The smallest absolute Gasteiger partial charge is 0.394 e. The number of aromatic nitrogens is 1. The molecule has 0 spiro atoms. The van der Waals surface area contributed by atoms with Gasteiger partial charge in [-0.15, -0.1) is 0 Å². The minimum atomic E-state index is -0.676. The molecule has 1 heterocycles. The zero-order valence-electron chi connectivity index (χ0n) is 8.74. The zero-order valence-corrected chi connectivity index (χ0v) is 9.49. The number of hydrogen-bond acceptors (Lipinski definition) is 4. The Balaban J connectivity index is 2.37. The summed E-state index contributed by atoms with van der Waals surface area (Å²) in [6, 6.07) is 4.07. The molecule has 0 bridgehead atoms. The second-order valence-electron chi connectivity index (χ2n) is 3.15. The van der Waals surface area contributed by atoms with Crippen molar-refractivity contribution < 1.29 is 18.3 Å². The minimum Gasteiger partial charge on any atom is -0.462 e. The first-order valence-electron chi connectivity index (χ1n) is 4.61. The van der Waals surface area contributed by atoms with Gasteiger partial charge in [0.25, 0.3) is 0 Å². The van der Waals surface area contributed by atoms with Crippen molar-refractivity contribution >= 4 is 17.6 Å². The van der Waals surface area contributed by atoms with E-state index in [9.17, 15) is 9.18 Å². The third-order valence-corrected chi connectivity index (χ3v) is 2.36. The molecule has 0 fully saturated rings. The summed E-state index contributed by atoms with van der Waals surface area (Å²) in [4.78, 5) is 14.9. The van der Waals surface area contributed by atoms with Gasteiger partial charge in [0.2, 0.25) is 0 Å². The lowest BCUT2D eigenvalue weighted by molar-refractivity contribution is 0.0557. The molecule has 1 aromatic carbocycles. The predicted octanol–water partition coefficient (Wildman–Crippen LogP) is 2.92. The van der Waals surface area contributed by atoms with Crippen molar-refractivity contribution in [1.82, 2.24) is 4.98 Å². The van der Waals surface area contributed by atoms with Crippen molar-refractivity contribution in [3.63, 3.8) is 0 Å². The minimum absolute atomic E-state index is 0.0291.